The van der Waals surface area contributed by atoms with Crippen LogP contribution in [0.25, 0.3) is 0 Å². The number of nitrogens with zero attached hydrogens (tertiary/aromatic N) is 2. The molecule has 0 heterocycles. The van der Waals surface area contributed by atoms with Crippen LogP contribution in [0, 0.1) is 18.3 Å². The standard InChI is InChI=1S/C15H19N3O3/c1-11-5-7-12(8-6-11)17-14(21)18(10-4-9-16)15(2,3)13(19)20/h5-8H,4,10H2,1-3H3,(H,17,21)(H,19,20). The fourth-order valence-electron chi connectivity index (χ4n) is 1.74. The van der Waals surface area contributed by atoms with E-state index in [0.29, 0.717) is 5.69 Å². The Labute approximate surface area is 124 Å². The first-order valence-electron chi connectivity index (χ1n) is 6.54. The van der Waals surface area contributed by atoms with Crippen molar-refractivity contribution in [3.63, 3.8) is 0 Å². The molecule has 0 fully saturated rings. The van der Waals surface area contributed by atoms with E-state index in [9.17, 15) is 14.7 Å². The number of amides is 2. The maximum atomic E-state index is 12.3. The molecule has 0 radical (unpaired) electrons. The lowest BCUT2D eigenvalue weighted by Crippen LogP contribution is -2.54. The topological polar surface area (TPSA) is 93.4 Å². The molecule has 6 nitrogen and oxygen atoms in total. The van der Waals surface area contributed by atoms with Crippen molar-refractivity contribution in [2.75, 3.05) is 11.9 Å². The third kappa shape index (κ3) is 4.21. The Bertz CT molecular complexity index is 559. The molecule has 0 saturated carbocycles. The van der Waals surface area contributed by atoms with Crippen molar-refractivity contribution in [3.8, 4) is 6.07 Å². The number of anilines is 1. The molecule has 0 aliphatic carbocycles. The zero-order valence-corrected chi connectivity index (χ0v) is 12.4. The number of urea groups is 1. The van der Waals surface area contributed by atoms with Crippen LogP contribution < -0.4 is 5.32 Å². The number of aliphatic carboxylic acids is 1. The number of rotatable bonds is 5. The summed E-state index contributed by atoms with van der Waals surface area (Å²) in [5.41, 5.74) is 0.236. The first-order valence-corrected chi connectivity index (χ1v) is 6.54. The van der Waals surface area contributed by atoms with Crippen LogP contribution in [0.15, 0.2) is 24.3 Å². The number of aryl methyl sites for hydroxylation is 1. The summed E-state index contributed by atoms with van der Waals surface area (Å²) in [5, 5.41) is 20.6. The van der Waals surface area contributed by atoms with Gasteiger partial charge in [0.05, 0.1) is 12.5 Å². The Morgan fingerprint density at radius 3 is 2.38 bits per heavy atom. The highest BCUT2D eigenvalue weighted by Gasteiger charge is 2.37. The van der Waals surface area contributed by atoms with Crippen LogP contribution in [0.4, 0.5) is 10.5 Å². The molecule has 21 heavy (non-hydrogen) atoms. The van der Waals surface area contributed by atoms with E-state index in [1.54, 1.807) is 12.1 Å². The van der Waals surface area contributed by atoms with E-state index in [0.717, 1.165) is 10.5 Å². The predicted octanol–water partition coefficient (Wildman–Crippen LogP) is 2.61. The second-order valence-corrected chi connectivity index (χ2v) is 5.22. The van der Waals surface area contributed by atoms with Crippen molar-refractivity contribution in [1.29, 1.82) is 5.26 Å². The van der Waals surface area contributed by atoms with Gasteiger partial charge in [0.1, 0.15) is 5.54 Å². The highest BCUT2D eigenvalue weighted by molar-refractivity contribution is 5.93. The summed E-state index contributed by atoms with van der Waals surface area (Å²) in [6.45, 7) is 4.84. The summed E-state index contributed by atoms with van der Waals surface area (Å²) >= 11 is 0. The zero-order chi connectivity index (χ0) is 16.0. The molecule has 0 atom stereocenters. The van der Waals surface area contributed by atoms with Crippen LogP contribution in [0.5, 0.6) is 0 Å². The number of benzene rings is 1. The Kier molecular flexibility index (Phi) is 5.30. The molecule has 6 heteroatoms. The summed E-state index contributed by atoms with van der Waals surface area (Å²) in [7, 11) is 0. The molecule has 2 amide bonds. The molecular weight excluding hydrogens is 270 g/mol. The highest BCUT2D eigenvalue weighted by atomic mass is 16.4. The number of carboxylic acid groups (broad SMARTS) is 1. The fraction of sp³-hybridized carbons (Fsp3) is 0.400. The van der Waals surface area contributed by atoms with E-state index in [1.807, 2.05) is 25.1 Å². The van der Waals surface area contributed by atoms with Crippen molar-refractivity contribution in [3.05, 3.63) is 29.8 Å². The van der Waals surface area contributed by atoms with Gasteiger partial charge in [-0.05, 0) is 32.9 Å². The Balaban J connectivity index is 2.92. The van der Waals surface area contributed by atoms with E-state index >= 15 is 0 Å². The average Bonchev–Trinajstić information content (AvgIpc) is 2.41. The van der Waals surface area contributed by atoms with Gasteiger partial charge in [0.25, 0.3) is 0 Å². The van der Waals surface area contributed by atoms with E-state index in [2.05, 4.69) is 5.32 Å². The van der Waals surface area contributed by atoms with Crippen molar-refractivity contribution < 1.29 is 14.7 Å². The lowest BCUT2D eigenvalue weighted by Gasteiger charge is -2.34. The molecule has 0 unspecified atom stereocenters. The number of carboxylic acids is 1. The Hall–Kier alpha value is -2.55. The van der Waals surface area contributed by atoms with Gasteiger partial charge in [-0.2, -0.15) is 5.26 Å². The van der Waals surface area contributed by atoms with Gasteiger partial charge in [-0.15, -0.1) is 0 Å². The van der Waals surface area contributed by atoms with Crippen molar-refractivity contribution >= 4 is 17.7 Å². The number of hydrogen-bond acceptors (Lipinski definition) is 3. The largest absolute Gasteiger partial charge is 0.480 e. The van der Waals surface area contributed by atoms with Gasteiger partial charge in [0.2, 0.25) is 0 Å². The van der Waals surface area contributed by atoms with E-state index in [4.69, 9.17) is 5.26 Å². The number of carbonyl (C=O) groups excluding carboxylic acids is 1. The zero-order valence-electron chi connectivity index (χ0n) is 12.4. The van der Waals surface area contributed by atoms with E-state index in [1.165, 1.54) is 13.8 Å². The molecular formula is C15H19N3O3. The molecule has 0 bridgehead atoms. The minimum absolute atomic E-state index is 0.0491. The van der Waals surface area contributed by atoms with Gasteiger partial charge >= 0.3 is 12.0 Å². The molecule has 1 aromatic rings. The lowest BCUT2D eigenvalue weighted by atomic mass is 10.0. The third-order valence-corrected chi connectivity index (χ3v) is 3.19. The van der Waals surface area contributed by atoms with Gasteiger partial charge in [-0.1, -0.05) is 17.7 Å². The number of nitrogens with one attached hydrogen (secondary N) is 1. The first kappa shape index (κ1) is 16.5. The molecule has 0 spiro atoms. The van der Waals surface area contributed by atoms with Crippen LogP contribution in [0.3, 0.4) is 0 Å². The molecule has 1 rings (SSSR count). The number of nitriles is 1. The first-order chi connectivity index (χ1) is 9.78. The maximum absolute atomic E-state index is 12.3. The molecule has 112 valence electrons. The molecule has 0 aliphatic heterocycles. The van der Waals surface area contributed by atoms with Crippen LogP contribution in [0.2, 0.25) is 0 Å². The number of carbonyl (C=O) groups is 2. The third-order valence-electron chi connectivity index (χ3n) is 3.19. The summed E-state index contributed by atoms with van der Waals surface area (Å²) < 4.78 is 0. The van der Waals surface area contributed by atoms with Gasteiger partial charge in [-0.25, -0.2) is 9.59 Å². The van der Waals surface area contributed by atoms with Crippen LogP contribution in [0.1, 0.15) is 25.8 Å². The second-order valence-electron chi connectivity index (χ2n) is 5.22. The summed E-state index contributed by atoms with van der Waals surface area (Å²) in [4.78, 5) is 24.8. The summed E-state index contributed by atoms with van der Waals surface area (Å²) in [6, 6.07) is 8.55. The average molecular weight is 289 g/mol. The minimum atomic E-state index is -1.40. The maximum Gasteiger partial charge on any atom is 0.329 e. The molecule has 2 N–H and O–H groups in total. The Morgan fingerprint density at radius 2 is 1.90 bits per heavy atom. The fourth-order valence-corrected chi connectivity index (χ4v) is 1.74. The van der Waals surface area contributed by atoms with E-state index in [-0.39, 0.29) is 13.0 Å². The minimum Gasteiger partial charge on any atom is -0.480 e. The smallest absolute Gasteiger partial charge is 0.329 e. The monoisotopic (exact) mass is 289 g/mol. The van der Waals surface area contributed by atoms with Crippen LogP contribution in [-0.4, -0.2) is 34.1 Å². The van der Waals surface area contributed by atoms with Crippen molar-refractivity contribution in [1.82, 2.24) is 4.90 Å². The van der Waals surface area contributed by atoms with Gasteiger partial charge < -0.3 is 15.3 Å². The number of hydrogen-bond donors (Lipinski definition) is 2. The SMILES string of the molecule is Cc1ccc(NC(=O)N(CCC#N)C(C)(C)C(=O)O)cc1. The molecule has 0 aromatic heterocycles. The van der Waals surface area contributed by atoms with Crippen LogP contribution in [-0.2, 0) is 4.79 Å². The molecule has 0 aliphatic rings. The normalized spacial score (nSPS) is 10.6. The summed E-state index contributed by atoms with van der Waals surface area (Å²) in [6.07, 6.45) is 0.0675. The van der Waals surface area contributed by atoms with E-state index < -0.39 is 17.5 Å². The quantitative estimate of drug-likeness (QED) is 0.871. The van der Waals surface area contributed by atoms with Crippen LogP contribution >= 0.6 is 0 Å². The van der Waals surface area contributed by atoms with Gasteiger partial charge in [0.15, 0.2) is 0 Å². The highest BCUT2D eigenvalue weighted by Crippen LogP contribution is 2.18. The molecule has 0 saturated heterocycles. The second kappa shape index (κ2) is 6.75. The Morgan fingerprint density at radius 1 is 1.33 bits per heavy atom. The van der Waals surface area contributed by atoms with Crippen molar-refractivity contribution in [2.24, 2.45) is 0 Å². The summed E-state index contributed by atoms with van der Waals surface area (Å²) in [5.74, 6) is -1.13. The predicted molar refractivity (Wildman–Crippen MR) is 78.8 cm³/mol. The van der Waals surface area contributed by atoms with Gasteiger partial charge in [-0.3, -0.25) is 0 Å². The van der Waals surface area contributed by atoms with Crippen molar-refractivity contribution in [2.45, 2.75) is 32.7 Å². The molecule has 1 aromatic carbocycles. The van der Waals surface area contributed by atoms with Gasteiger partial charge in [0, 0.05) is 12.2 Å². The lowest BCUT2D eigenvalue weighted by molar-refractivity contribution is -0.147.